The average molecular weight is 829 g/mol. The molecular formula is C62H40N2O. The van der Waals surface area contributed by atoms with Gasteiger partial charge in [-0.05, 0) is 98.9 Å². The Kier molecular flexibility index (Phi) is 8.53. The van der Waals surface area contributed by atoms with E-state index in [1.807, 2.05) is 12.1 Å². The van der Waals surface area contributed by atoms with Gasteiger partial charge in [-0.25, -0.2) is 0 Å². The van der Waals surface area contributed by atoms with E-state index in [1.54, 1.807) is 0 Å². The molecule has 0 bridgehead atoms. The molecule has 0 N–H and O–H groups in total. The van der Waals surface area contributed by atoms with Gasteiger partial charge in [-0.15, -0.1) is 0 Å². The Hall–Kier alpha value is -8.66. The lowest BCUT2D eigenvalue weighted by Crippen LogP contribution is -2.11. The number of rotatable bonds is 7. The summed E-state index contributed by atoms with van der Waals surface area (Å²) in [4.78, 5) is 2.41. The smallest absolute Gasteiger partial charge is 0.143 e. The Labute approximate surface area is 376 Å². The molecule has 0 aliphatic carbocycles. The summed E-state index contributed by atoms with van der Waals surface area (Å²) in [5, 5.41) is 9.71. The normalized spacial score (nSPS) is 11.7. The van der Waals surface area contributed by atoms with Crippen molar-refractivity contribution in [3.05, 3.63) is 243 Å². The minimum absolute atomic E-state index is 0.900. The quantitative estimate of drug-likeness (QED) is 0.149. The van der Waals surface area contributed by atoms with E-state index in [4.69, 9.17) is 4.42 Å². The first-order valence-corrected chi connectivity index (χ1v) is 22.3. The Bertz CT molecular complexity index is 3900. The second-order valence-corrected chi connectivity index (χ2v) is 16.8. The Morgan fingerprint density at radius 3 is 1.55 bits per heavy atom. The molecule has 3 nitrogen and oxygen atoms in total. The number of benzene rings is 11. The van der Waals surface area contributed by atoms with Crippen LogP contribution in [0.25, 0.3) is 104 Å². The molecule has 0 aliphatic rings. The molecule has 0 spiro atoms. The van der Waals surface area contributed by atoms with Crippen LogP contribution in [0.3, 0.4) is 0 Å². The molecule has 13 aromatic rings. The van der Waals surface area contributed by atoms with Crippen LogP contribution in [0.15, 0.2) is 247 Å². The zero-order chi connectivity index (χ0) is 42.8. The van der Waals surface area contributed by atoms with Crippen molar-refractivity contribution in [2.75, 3.05) is 4.90 Å². The fraction of sp³-hybridized carbons (Fsp3) is 0. The SMILES string of the molecule is c1ccc(N(c2ccc(-c3ccccc3-n3c4ccccc4c4ccccc43)cc2)c2ccc(-c3cccc4c3oc3ccccc34)cc2)c(-c2cc3ccccc3c3ccccc23)c1. The lowest BCUT2D eigenvalue weighted by atomic mass is 9.92. The standard InChI is InChI=1S/C62H40N2O/c1-2-17-46-43(16-1)40-56(50-20-4-3-19-49(46)50)53-23-8-11-28-58(53)63(45-38-34-42(35-39-45)48-25-15-26-55-54-24-9-14-31-61(54)65-62(48)55)44-36-32-41(33-37-44)47-18-5-10-27-57(47)64-59-29-12-6-21-51(59)52-22-7-13-30-60(52)64/h1-40H. The topological polar surface area (TPSA) is 21.3 Å². The molecule has 0 atom stereocenters. The zero-order valence-electron chi connectivity index (χ0n) is 35.4. The second-order valence-electron chi connectivity index (χ2n) is 16.8. The highest BCUT2D eigenvalue weighted by molar-refractivity contribution is 6.15. The first-order valence-electron chi connectivity index (χ1n) is 22.3. The van der Waals surface area contributed by atoms with Gasteiger partial charge in [0.25, 0.3) is 0 Å². The van der Waals surface area contributed by atoms with Crippen molar-refractivity contribution in [1.29, 1.82) is 0 Å². The predicted molar refractivity (Wildman–Crippen MR) is 274 cm³/mol. The molecule has 0 saturated heterocycles. The first-order chi connectivity index (χ1) is 32.3. The van der Waals surface area contributed by atoms with Crippen molar-refractivity contribution in [3.8, 4) is 39.1 Å². The maximum absolute atomic E-state index is 6.49. The summed E-state index contributed by atoms with van der Waals surface area (Å²) in [6.07, 6.45) is 0. The van der Waals surface area contributed by atoms with Crippen molar-refractivity contribution in [2.45, 2.75) is 0 Å². The van der Waals surface area contributed by atoms with Crippen molar-refractivity contribution in [1.82, 2.24) is 4.57 Å². The highest BCUT2D eigenvalue weighted by Crippen LogP contribution is 2.46. The molecule has 0 radical (unpaired) electrons. The van der Waals surface area contributed by atoms with Gasteiger partial charge in [0.15, 0.2) is 0 Å². The third-order valence-electron chi connectivity index (χ3n) is 13.2. The van der Waals surface area contributed by atoms with Gasteiger partial charge in [-0.2, -0.15) is 0 Å². The van der Waals surface area contributed by atoms with Crippen LogP contribution in [0, 0.1) is 0 Å². The van der Waals surface area contributed by atoms with E-state index in [-0.39, 0.29) is 0 Å². The number of furan rings is 1. The fourth-order valence-electron chi connectivity index (χ4n) is 10.3. The lowest BCUT2D eigenvalue weighted by Gasteiger charge is -2.29. The van der Waals surface area contributed by atoms with Gasteiger partial charge in [0.05, 0.1) is 22.4 Å². The van der Waals surface area contributed by atoms with E-state index in [9.17, 15) is 0 Å². The van der Waals surface area contributed by atoms with E-state index < -0.39 is 0 Å². The van der Waals surface area contributed by atoms with Crippen molar-refractivity contribution >= 4 is 82.4 Å². The highest BCUT2D eigenvalue weighted by Gasteiger charge is 2.21. The molecule has 304 valence electrons. The molecule has 0 unspecified atom stereocenters. The first kappa shape index (κ1) is 36.9. The van der Waals surface area contributed by atoms with Crippen LogP contribution in [0.5, 0.6) is 0 Å². The molecule has 0 amide bonds. The van der Waals surface area contributed by atoms with Crippen molar-refractivity contribution in [2.24, 2.45) is 0 Å². The molecule has 0 aliphatic heterocycles. The molecule has 0 fully saturated rings. The Morgan fingerprint density at radius 1 is 0.323 bits per heavy atom. The van der Waals surface area contributed by atoms with E-state index in [2.05, 4.69) is 240 Å². The van der Waals surface area contributed by atoms with Gasteiger partial charge in [-0.1, -0.05) is 182 Å². The maximum atomic E-state index is 6.49. The summed E-state index contributed by atoms with van der Waals surface area (Å²) in [5.41, 5.74) is 15.4. The summed E-state index contributed by atoms with van der Waals surface area (Å²) in [6.45, 7) is 0. The van der Waals surface area contributed by atoms with Crippen LogP contribution < -0.4 is 4.90 Å². The van der Waals surface area contributed by atoms with Gasteiger partial charge in [0, 0.05) is 49.6 Å². The Morgan fingerprint density at radius 2 is 0.831 bits per heavy atom. The largest absolute Gasteiger partial charge is 0.455 e. The minimum atomic E-state index is 0.900. The zero-order valence-corrected chi connectivity index (χ0v) is 35.4. The maximum Gasteiger partial charge on any atom is 0.143 e. The molecule has 3 heteroatoms. The summed E-state index contributed by atoms with van der Waals surface area (Å²) < 4.78 is 8.91. The third kappa shape index (κ3) is 5.97. The predicted octanol–water partition coefficient (Wildman–Crippen LogP) is 17.5. The highest BCUT2D eigenvalue weighted by atomic mass is 16.3. The Balaban J connectivity index is 0.979. The van der Waals surface area contributed by atoms with Crippen LogP contribution in [0.4, 0.5) is 17.1 Å². The third-order valence-corrected chi connectivity index (χ3v) is 13.2. The minimum Gasteiger partial charge on any atom is -0.455 e. The summed E-state index contributed by atoms with van der Waals surface area (Å²) in [5.74, 6) is 0. The van der Waals surface area contributed by atoms with Crippen LogP contribution in [-0.2, 0) is 0 Å². The van der Waals surface area contributed by atoms with Crippen LogP contribution >= 0.6 is 0 Å². The summed E-state index contributed by atoms with van der Waals surface area (Å²) >= 11 is 0. The van der Waals surface area contributed by atoms with Gasteiger partial charge in [0.2, 0.25) is 0 Å². The molecule has 2 heterocycles. The second kappa shape index (κ2) is 15.0. The molecular weight excluding hydrogens is 789 g/mol. The number of fused-ring (bicyclic) bond motifs is 9. The van der Waals surface area contributed by atoms with Crippen LogP contribution in [0.1, 0.15) is 0 Å². The van der Waals surface area contributed by atoms with Gasteiger partial charge in [0.1, 0.15) is 11.2 Å². The molecule has 2 aromatic heterocycles. The molecule has 0 saturated carbocycles. The van der Waals surface area contributed by atoms with E-state index in [0.717, 1.165) is 66.9 Å². The fourth-order valence-corrected chi connectivity index (χ4v) is 10.3. The summed E-state index contributed by atoms with van der Waals surface area (Å²) in [6, 6.07) is 87.7. The number of aromatic nitrogens is 1. The number of para-hydroxylation sites is 6. The number of hydrogen-bond acceptors (Lipinski definition) is 2. The number of anilines is 3. The lowest BCUT2D eigenvalue weighted by molar-refractivity contribution is 0.670. The van der Waals surface area contributed by atoms with Gasteiger partial charge < -0.3 is 13.9 Å². The van der Waals surface area contributed by atoms with Crippen molar-refractivity contribution < 1.29 is 4.42 Å². The van der Waals surface area contributed by atoms with E-state index >= 15 is 0 Å². The van der Waals surface area contributed by atoms with Gasteiger partial charge >= 0.3 is 0 Å². The number of hydrogen-bond donors (Lipinski definition) is 0. The van der Waals surface area contributed by atoms with E-state index in [1.165, 1.54) is 54.5 Å². The van der Waals surface area contributed by atoms with Crippen LogP contribution in [0.2, 0.25) is 0 Å². The molecule has 65 heavy (non-hydrogen) atoms. The van der Waals surface area contributed by atoms with E-state index in [0.29, 0.717) is 0 Å². The molecule has 11 aromatic carbocycles. The molecule has 13 rings (SSSR count). The van der Waals surface area contributed by atoms with Crippen molar-refractivity contribution in [3.63, 3.8) is 0 Å². The monoisotopic (exact) mass is 828 g/mol. The average Bonchev–Trinajstić information content (AvgIpc) is 3.93. The van der Waals surface area contributed by atoms with Gasteiger partial charge in [-0.3, -0.25) is 0 Å². The number of nitrogens with zero attached hydrogens (tertiary/aromatic N) is 2. The summed E-state index contributed by atoms with van der Waals surface area (Å²) in [7, 11) is 0. The van der Waals surface area contributed by atoms with Crippen LogP contribution in [-0.4, -0.2) is 4.57 Å².